The molecule has 5 rings (SSSR count). The van der Waals surface area contributed by atoms with E-state index in [4.69, 9.17) is 6.57 Å². The van der Waals surface area contributed by atoms with Gasteiger partial charge < -0.3 is 4.90 Å². The molecule has 0 bridgehead atoms. The topological polar surface area (TPSA) is 48.5 Å². The van der Waals surface area contributed by atoms with Gasteiger partial charge in [0.2, 0.25) is 0 Å². The first-order chi connectivity index (χ1) is 16.5. The third-order valence-corrected chi connectivity index (χ3v) is 7.47. The molecule has 0 N–H and O–H groups in total. The van der Waals surface area contributed by atoms with Crippen molar-refractivity contribution in [2.24, 2.45) is 0 Å². The van der Waals surface area contributed by atoms with E-state index in [-0.39, 0.29) is 16.9 Å². The predicted molar refractivity (Wildman–Crippen MR) is 135 cm³/mol. The first-order valence-corrected chi connectivity index (χ1v) is 12.0. The highest BCUT2D eigenvalue weighted by Gasteiger charge is 2.46. The number of para-hydroxylation sites is 1. The zero-order valence-corrected chi connectivity index (χ0v) is 19.7. The zero-order valence-electron chi connectivity index (χ0n) is 19.7. The summed E-state index contributed by atoms with van der Waals surface area (Å²) >= 11 is 0. The van der Waals surface area contributed by atoms with Crippen molar-refractivity contribution in [3.63, 3.8) is 0 Å². The fourth-order valence-corrected chi connectivity index (χ4v) is 5.95. The van der Waals surface area contributed by atoms with E-state index in [2.05, 4.69) is 47.9 Å². The number of ketones is 1. The molecule has 3 aliphatic rings. The maximum absolute atomic E-state index is 13.5. The van der Waals surface area contributed by atoms with Crippen LogP contribution in [0.25, 0.3) is 10.4 Å². The van der Waals surface area contributed by atoms with Crippen LogP contribution in [-0.2, 0) is 5.41 Å². The number of anilines is 1. The van der Waals surface area contributed by atoms with Gasteiger partial charge in [-0.05, 0) is 61.4 Å². The second-order valence-electron chi connectivity index (χ2n) is 9.46. The molecule has 0 spiro atoms. The minimum Gasteiger partial charge on any atom is -0.344 e. The van der Waals surface area contributed by atoms with Crippen LogP contribution in [0.2, 0.25) is 0 Å². The number of allylic oxidation sites excluding steroid dienone is 6. The van der Waals surface area contributed by atoms with E-state index in [1.54, 1.807) is 6.07 Å². The van der Waals surface area contributed by atoms with Crippen molar-refractivity contribution < 1.29 is 4.79 Å². The molecule has 0 aromatic heterocycles. The predicted octanol–water partition coefficient (Wildman–Crippen LogP) is 6.98. The van der Waals surface area contributed by atoms with Gasteiger partial charge in [-0.15, -0.1) is 0 Å². The van der Waals surface area contributed by atoms with Gasteiger partial charge in [0.25, 0.3) is 5.70 Å². The number of unbranched alkanes of at least 4 members (excludes halogenated alkanes) is 1. The van der Waals surface area contributed by atoms with Gasteiger partial charge in [0.1, 0.15) is 0 Å². The van der Waals surface area contributed by atoms with Crippen molar-refractivity contribution in [3.05, 3.63) is 105 Å². The smallest absolute Gasteiger partial charge is 0.270 e. The molecule has 1 aliphatic heterocycles. The van der Waals surface area contributed by atoms with Crippen LogP contribution in [0, 0.1) is 17.9 Å². The first kappa shape index (κ1) is 21.9. The number of fused-ring (bicyclic) bond motifs is 4. The van der Waals surface area contributed by atoms with Crippen molar-refractivity contribution in [3.8, 4) is 6.07 Å². The second kappa shape index (κ2) is 8.47. The second-order valence-corrected chi connectivity index (χ2v) is 9.46. The highest BCUT2D eigenvalue weighted by molar-refractivity contribution is 6.27. The Labute approximate surface area is 201 Å². The number of rotatable bonds is 4. The number of nitrogens with zero attached hydrogens (tertiary/aromatic N) is 3. The standard InChI is InChI=1S/C30H27N3O/c1-4-5-17-33-26-15-9-8-14-24(26)30(2)16-10-11-20(29(30)33)18-23-27(25(19-31)32-3)21-12-6-7-13-22(21)28(23)34/h6-9,12-15,18H,4-5,10-11,16-17H2,1-2H3/b23-18-,27-25-/t30-/m1/s1. The lowest BCUT2D eigenvalue weighted by Crippen LogP contribution is -2.33. The molecule has 34 heavy (non-hydrogen) atoms. The summed E-state index contributed by atoms with van der Waals surface area (Å²) < 4.78 is 0. The van der Waals surface area contributed by atoms with Crippen LogP contribution in [0.15, 0.2) is 77.1 Å². The molecule has 0 fully saturated rings. The largest absolute Gasteiger partial charge is 0.344 e. The van der Waals surface area contributed by atoms with Crippen molar-refractivity contribution in [1.82, 2.24) is 0 Å². The molecule has 1 heterocycles. The molecule has 0 amide bonds. The fourth-order valence-electron chi connectivity index (χ4n) is 5.95. The van der Waals surface area contributed by atoms with Gasteiger partial charge in [0.05, 0.1) is 12.6 Å². The Morgan fingerprint density at radius 3 is 2.68 bits per heavy atom. The summed E-state index contributed by atoms with van der Waals surface area (Å²) in [4.78, 5) is 19.5. The van der Waals surface area contributed by atoms with Crippen molar-refractivity contribution in [2.75, 3.05) is 11.4 Å². The van der Waals surface area contributed by atoms with E-state index >= 15 is 0 Å². The maximum Gasteiger partial charge on any atom is 0.270 e. The van der Waals surface area contributed by atoms with E-state index < -0.39 is 0 Å². The minimum atomic E-state index is -0.106. The molecule has 1 atom stereocenters. The normalized spacial score (nSPS) is 23.4. The molecule has 0 radical (unpaired) electrons. The monoisotopic (exact) mass is 445 g/mol. The lowest BCUT2D eigenvalue weighted by Gasteiger charge is -2.36. The number of hydrogen-bond acceptors (Lipinski definition) is 3. The van der Waals surface area contributed by atoms with Crippen molar-refractivity contribution >= 4 is 17.0 Å². The molecule has 4 nitrogen and oxygen atoms in total. The van der Waals surface area contributed by atoms with Crippen LogP contribution in [-0.4, -0.2) is 12.3 Å². The summed E-state index contributed by atoms with van der Waals surface area (Å²) in [6.45, 7) is 13.0. The van der Waals surface area contributed by atoms with E-state index in [0.717, 1.165) is 44.2 Å². The number of carbonyl (C=O) groups excluding carboxylic acids is 1. The fraction of sp³-hybridized carbons (Fsp3) is 0.300. The van der Waals surface area contributed by atoms with Crippen molar-refractivity contribution in [2.45, 2.75) is 51.4 Å². The van der Waals surface area contributed by atoms with Crippen molar-refractivity contribution in [1.29, 1.82) is 5.26 Å². The molecule has 0 saturated carbocycles. The van der Waals surface area contributed by atoms with E-state index in [9.17, 15) is 10.1 Å². The van der Waals surface area contributed by atoms with Crippen LogP contribution in [0.4, 0.5) is 5.69 Å². The van der Waals surface area contributed by atoms with Crippen LogP contribution in [0.1, 0.15) is 67.4 Å². The van der Waals surface area contributed by atoms with E-state index in [0.29, 0.717) is 22.3 Å². The Kier molecular flexibility index (Phi) is 5.46. The highest BCUT2D eigenvalue weighted by Crippen LogP contribution is 2.55. The van der Waals surface area contributed by atoms with E-state index in [1.165, 1.54) is 16.9 Å². The van der Waals surface area contributed by atoms with Gasteiger partial charge in [-0.3, -0.25) is 4.79 Å². The van der Waals surface area contributed by atoms with Gasteiger partial charge in [0.15, 0.2) is 5.78 Å². The Morgan fingerprint density at radius 1 is 1.21 bits per heavy atom. The average Bonchev–Trinajstić information content (AvgIpc) is 3.28. The summed E-state index contributed by atoms with van der Waals surface area (Å²) in [6.07, 6.45) is 7.17. The Bertz CT molecular complexity index is 1360. The van der Waals surface area contributed by atoms with Gasteiger partial charge in [-0.2, -0.15) is 0 Å². The van der Waals surface area contributed by atoms with Gasteiger partial charge in [-0.25, -0.2) is 10.1 Å². The molecular formula is C30H27N3O. The molecule has 0 saturated heterocycles. The zero-order chi connectivity index (χ0) is 23.9. The Balaban J connectivity index is 1.75. The average molecular weight is 446 g/mol. The summed E-state index contributed by atoms with van der Waals surface area (Å²) in [6, 6.07) is 18.0. The number of Topliss-reactive ketones (excluding diaryl/α,β-unsaturated/α-hetero) is 1. The van der Waals surface area contributed by atoms with Crippen LogP contribution in [0.3, 0.4) is 0 Å². The van der Waals surface area contributed by atoms with Crippen LogP contribution >= 0.6 is 0 Å². The Hall–Kier alpha value is -3.89. The first-order valence-electron chi connectivity index (χ1n) is 12.0. The van der Waals surface area contributed by atoms with Gasteiger partial charge in [0, 0.05) is 40.1 Å². The molecule has 4 heteroatoms. The minimum absolute atomic E-state index is 0.0220. The quantitative estimate of drug-likeness (QED) is 0.290. The molecule has 168 valence electrons. The lowest BCUT2D eigenvalue weighted by atomic mass is 9.71. The number of hydrogen-bond donors (Lipinski definition) is 0. The van der Waals surface area contributed by atoms with Gasteiger partial charge in [-0.1, -0.05) is 55.8 Å². The molecule has 2 aliphatic carbocycles. The summed E-state index contributed by atoms with van der Waals surface area (Å²) in [5.41, 5.74) is 7.14. The summed E-state index contributed by atoms with van der Waals surface area (Å²) in [5.74, 6) is -0.0991. The maximum atomic E-state index is 13.5. The van der Waals surface area contributed by atoms with Gasteiger partial charge >= 0.3 is 0 Å². The summed E-state index contributed by atoms with van der Waals surface area (Å²) in [7, 11) is 0. The number of carbonyl (C=O) groups is 1. The third kappa shape index (κ3) is 3.14. The van der Waals surface area contributed by atoms with Crippen LogP contribution < -0.4 is 4.90 Å². The lowest BCUT2D eigenvalue weighted by molar-refractivity contribution is 0.104. The SMILES string of the molecule is [C-]#[N+]/C(C#N)=C1\C(=C\C2=C3N(CCCC)c4ccccc4[C@@]3(C)CCC2)C(=O)c2ccccc21. The van der Waals surface area contributed by atoms with E-state index in [1.807, 2.05) is 30.3 Å². The number of benzene rings is 2. The number of nitriles is 1. The summed E-state index contributed by atoms with van der Waals surface area (Å²) in [5, 5.41) is 9.69. The molecule has 2 aromatic rings. The highest BCUT2D eigenvalue weighted by atomic mass is 16.1. The third-order valence-electron chi connectivity index (χ3n) is 7.47. The Morgan fingerprint density at radius 2 is 1.94 bits per heavy atom. The molecule has 2 aromatic carbocycles. The molecular weight excluding hydrogens is 418 g/mol. The molecule has 0 unspecified atom stereocenters. The van der Waals surface area contributed by atoms with Crippen LogP contribution in [0.5, 0.6) is 0 Å².